The van der Waals surface area contributed by atoms with Gasteiger partial charge in [0.25, 0.3) is 10.0 Å². The van der Waals surface area contributed by atoms with E-state index in [-0.39, 0.29) is 15.7 Å². The lowest BCUT2D eigenvalue weighted by atomic mass is 10.2. The number of rotatable bonds is 3. The van der Waals surface area contributed by atoms with Gasteiger partial charge in [-0.25, -0.2) is 8.42 Å². The van der Waals surface area contributed by atoms with Gasteiger partial charge >= 0.3 is 0 Å². The highest BCUT2D eigenvalue weighted by molar-refractivity contribution is 7.93. The summed E-state index contributed by atoms with van der Waals surface area (Å²) < 4.78 is 26.6. The SMILES string of the molecule is Cc1sc(NS(=O)(=O)c2cn[nH]c2N)c(C#N)c1C. The molecule has 9 heteroatoms. The van der Waals surface area contributed by atoms with Crippen LogP contribution in [0, 0.1) is 25.2 Å². The zero-order valence-electron chi connectivity index (χ0n) is 10.2. The summed E-state index contributed by atoms with van der Waals surface area (Å²) in [6.45, 7) is 3.60. The molecule has 0 radical (unpaired) electrons. The number of aromatic nitrogens is 2. The van der Waals surface area contributed by atoms with Gasteiger partial charge in [-0.05, 0) is 19.4 Å². The summed E-state index contributed by atoms with van der Waals surface area (Å²) >= 11 is 1.21. The van der Waals surface area contributed by atoms with Gasteiger partial charge in [0.1, 0.15) is 21.8 Å². The van der Waals surface area contributed by atoms with E-state index in [1.54, 1.807) is 6.92 Å². The van der Waals surface area contributed by atoms with Crippen molar-refractivity contribution in [2.24, 2.45) is 0 Å². The number of aryl methyl sites for hydroxylation is 1. The number of sulfonamides is 1. The maximum Gasteiger partial charge on any atom is 0.267 e. The Morgan fingerprint density at radius 3 is 2.74 bits per heavy atom. The van der Waals surface area contributed by atoms with Gasteiger partial charge in [0.15, 0.2) is 0 Å². The van der Waals surface area contributed by atoms with Crippen molar-refractivity contribution < 1.29 is 8.42 Å². The van der Waals surface area contributed by atoms with Crippen molar-refractivity contribution in [1.29, 1.82) is 5.26 Å². The molecule has 100 valence electrons. The molecule has 0 aliphatic carbocycles. The second-order valence-electron chi connectivity index (χ2n) is 3.85. The lowest BCUT2D eigenvalue weighted by Crippen LogP contribution is -2.13. The van der Waals surface area contributed by atoms with Gasteiger partial charge < -0.3 is 5.73 Å². The number of hydrogen-bond acceptors (Lipinski definition) is 6. The molecule has 0 spiro atoms. The Kier molecular flexibility index (Phi) is 3.21. The van der Waals surface area contributed by atoms with Crippen molar-refractivity contribution in [2.75, 3.05) is 10.5 Å². The van der Waals surface area contributed by atoms with Gasteiger partial charge in [-0.1, -0.05) is 0 Å². The van der Waals surface area contributed by atoms with Gasteiger partial charge in [0, 0.05) is 4.88 Å². The number of anilines is 2. The normalized spacial score (nSPS) is 11.2. The number of thiophene rings is 1. The number of nitrogens with two attached hydrogens (primary N) is 1. The molecule has 0 saturated heterocycles. The molecule has 2 aromatic rings. The average molecular weight is 297 g/mol. The molecule has 2 heterocycles. The smallest absolute Gasteiger partial charge is 0.267 e. The first-order valence-corrected chi connectivity index (χ1v) is 7.48. The van der Waals surface area contributed by atoms with Crippen LogP contribution in [-0.2, 0) is 10.0 Å². The van der Waals surface area contributed by atoms with Crippen LogP contribution in [0.2, 0.25) is 0 Å². The number of nitriles is 1. The molecule has 4 N–H and O–H groups in total. The van der Waals surface area contributed by atoms with Crippen LogP contribution in [-0.4, -0.2) is 18.6 Å². The minimum absolute atomic E-state index is 0.0454. The maximum atomic E-state index is 12.1. The summed E-state index contributed by atoms with van der Waals surface area (Å²) in [7, 11) is -3.85. The quantitative estimate of drug-likeness (QED) is 0.788. The second-order valence-corrected chi connectivity index (χ2v) is 6.73. The van der Waals surface area contributed by atoms with Gasteiger partial charge in [0.2, 0.25) is 0 Å². The summed E-state index contributed by atoms with van der Waals surface area (Å²) in [5.74, 6) is -0.0454. The predicted molar refractivity (Wildman–Crippen MR) is 72.3 cm³/mol. The molecule has 2 rings (SSSR count). The molecule has 0 amide bonds. The summed E-state index contributed by atoms with van der Waals surface area (Å²) in [6, 6.07) is 2.00. The van der Waals surface area contributed by atoms with Crippen molar-refractivity contribution >= 4 is 32.2 Å². The minimum atomic E-state index is -3.85. The van der Waals surface area contributed by atoms with Gasteiger partial charge in [-0.15, -0.1) is 11.3 Å². The fourth-order valence-electron chi connectivity index (χ4n) is 1.51. The molecule has 19 heavy (non-hydrogen) atoms. The van der Waals surface area contributed by atoms with Crippen LogP contribution in [0.3, 0.4) is 0 Å². The Hall–Kier alpha value is -2.05. The van der Waals surface area contributed by atoms with E-state index in [2.05, 4.69) is 14.9 Å². The molecule has 0 fully saturated rings. The standard InChI is InChI=1S/C10H11N5O2S2/c1-5-6(2)18-10(7(5)3-11)15-19(16,17)8-4-13-14-9(8)12/h4,15H,1-2H3,(H3,12,13,14). The number of nitrogens with zero attached hydrogens (tertiary/aromatic N) is 2. The van der Waals surface area contributed by atoms with Crippen LogP contribution in [0.4, 0.5) is 10.8 Å². The van der Waals surface area contributed by atoms with E-state index >= 15 is 0 Å². The first-order valence-electron chi connectivity index (χ1n) is 5.18. The van der Waals surface area contributed by atoms with Crippen LogP contribution in [0.15, 0.2) is 11.1 Å². The van der Waals surface area contributed by atoms with Crippen LogP contribution in [0.5, 0.6) is 0 Å². The number of aromatic amines is 1. The van der Waals surface area contributed by atoms with Crippen LogP contribution >= 0.6 is 11.3 Å². The monoisotopic (exact) mass is 297 g/mol. The largest absolute Gasteiger partial charge is 0.383 e. The summed E-state index contributed by atoms with van der Waals surface area (Å²) in [4.78, 5) is 0.745. The third-order valence-electron chi connectivity index (χ3n) is 2.65. The number of H-pyrrole nitrogens is 1. The number of nitrogens with one attached hydrogen (secondary N) is 2. The molecule has 7 nitrogen and oxygen atoms in total. The molecule has 0 atom stereocenters. The Morgan fingerprint density at radius 1 is 1.53 bits per heavy atom. The number of nitrogen functional groups attached to an aromatic ring is 1. The highest BCUT2D eigenvalue weighted by atomic mass is 32.2. The summed E-state index contributed by atoms with van der Waals surface area (Å²) in [6.07, 6.45) is 1.12. The molecule has 0 bridgehead atoms. The molecule has 0 unspecified atom stereocenters. The maximum absolute atomic E-state index is 12.1. The van der Waals surface area contributed by atoms with Crippen LogP contribution in [0.25, 0.3) is 0 Å². The van der Waals surface area contributed by atoms with Crippen molar-refractivity contribution in [3.8, 4) is 6.07 Å². The molecule has 0 aromatic carbocycles. The van der Waals surface area contributed by atoms with Crippen LogP contribution in [0.1, 0.15) is 16.0 Å². The Labute approximate surface area is 114 Å². The lowest BCUT2D eigenvalue weighted by molar-refractivity contribution is 0.602. The molecule has 2 aromatic heterocycles. The molecular weight excluding hydrogens is 286 g/mol. The van der Waals surface area contributed by atoms with Crippen molar-refractivity contribution in [3.05, 3.63) is 22.2 Å². The molecule has 0 aliphatic rings. The number of hydrogen-bond donors (Lipinski definition) is 3. The average Bonchev–Trinajstić information content (AvgIpc) is 2.85. The first kappa shape index (κ1) is 13.4. The first-order chi connectivity index (χ1) is 8.86. The predicted octanol–water partition coefficient (Wildman–Crippen LogP) is 1.34. The topological polar surface area (TPSA) is 125 Å². The van der Waals surface area contributed by atoms with E-state index in [1.165, 1.54) is 11.3 Å². The van der Waals surface area contributed by atoms with Gasteiger partial charge in [-0.2, -0.15) is 10.4 Å². The zero-order chi connectivity index (χ0) is 14.2. The molecular formula is C10H11N5O2S2. The highest BCUT2D eigenvalue weighted by Gasteiger charge is 2.23. The third-order valence-corrected chi connectivity index (χ3v) is 5.28. The third kappa shape index (κ3) is 2.27. The van der Waals surface area contributed by atoms with E-state index < -0.39 is 10.0 Å². The zero-order valence-corrected chi connectivity index (χ0v) is 11.8. The summed E-state index contributed by atoms with van der Waals surface area (Å²) in [5, 5.41) is 15.3. The Morgan fingerprint density at radius 2 is 2.21 bits per heavy atom. The van der Waals surface area contributed by atoms with E-state index in [0.717, 1.165) is 16.6 Å². The molecule has 0 aliphatic heterocycles. The van der Waals surface area contributed by atoms with E-state index in [9.17, 15) is 8.42 Å². The Bertz CT molecular complexity index is 766. The van der Waals surface area contributed by atoms with E-state index in [1.807, 2.05) is 13.0 Å². The van der Waals surface area contributed by atoms with E-state index in [4.69, 9.17) is 11.0 Å². The van der Waals surface area contributed by atoms with Crippen molar-refractivity contribution in [2.45, 2.75) is 18.7 Å². The fourth-order valence-corrected chi connectivity index (χ4v) is 3.85. The van der Waals surface area contributed by atoms with Crippen LogP contribution < -0.4 is 10.5 Å². The minimum Gasteiger partial charge on any atom is -0.383 e. The highest BCUT2D eigenvalue weighted by Crippen LogP contribution is 2.33. The molecule has 0 saturated carbocycles. The van der Waals surface area contributed by atoms with E-state index in [0.29, 0.717) is 5.56 Å². The summed E-state index contributed by atoms with van der Waals surface area (Å²) in [5.41, 5.74) is 6.58. The second kappa shape index (κ2) is 4.56. The lowest BCUT2D eigenvalue weighted by Gasteiger charge is -2.04. The van der Waals surface area contributed by atoms with Crippen molar-refractivity contribution in [1.82, 2.24) is 10.2 Å². The van der Waals surface area contributed by atoms with Crippen molar-refractivity contribution in [3.63, 3.8) is 0 Å². The Balaban J connectivity index is 2.46. The van der Waals surface area contributed by atoms with Gasteiger partial charge in [-0.3, -0.25) is 9.82 Å². The fraction of sp³-hybridized carbons (Fsp3) is 0.200. The van der Waals surface area contributed by atoms with Gasteiger partial charge in [0.05, 0.1) is 11.8 Å².